The first-order valence-corrected chi connectivity index (χ1v) is 6.44. The zero-order chi connectivity index (χ0) is 15.4. The van der Waals surface area contributed by atoms with Crippen molar-refractivity contribution in [2.45, 2.75) is 13.0 Å². The van der Waals surface area contributed by atoms with Crippen LogP contribution in [-0.2, 0) is 4.79 Å². The number of anilines is 1. The first-order chi connectivity index (χ1) is 10.0. The number of hydrogen-bond acceptors (Lipinski definition) is 2. The maximum Gasteiger partial charge on any atom is 0.259 e. The highest BCUT2D eigenvalue weighted by Gasteiger charge is 2.26. The first-order valence-electron chi connectivity index (χ1n) is 6.44. The highest BCUT2D eigenvalue weighted by Crippen LogP contribution is 2.20. The molecule has 2 aromatic carbocycles. The maximum atomic E-state index is 13.0. The Hall–Kier alpha value is -2.69. The molecule has 1 unspecified atom stereocenters. The largest absolute Gasteiger partial charge is 0.368 e. The van der Waals surface area contributed by atoms with Gasteiger partial charge in [0, 0.05) is 11.3 Å². The van der Waals surface area contributed by atoms with E-state index in [-0.39, 0.29) is 5.56 Å². The molecule has 0 fully saturated rings. The van der Waals surface area contributed by atoms with E-state index in [0.29, 0.717) is 5.69 Å². The predicted molar refractivity (Wildman–Crippen MR) is 78.3 cm³/mol. The lowest BCUT2D eigenvalue weighted by Gasteiger charge is -2.27. The van der Waals surface area contributed by atoms with Gasteiger partial charge in [-0.1, -0.05) is 18.2 Å². The van der Waals surface area contributed by atoms with Crippen LogP contribution in [0.3, 0.4) is 0 Å². The molecule has 5 heteroatoms. The fourth-order valence-corrected chi connectivity index (χ4v) is 1.96. The minimum atomic E-state index is -0.815. The summed E-state index contributed by atoms with van der Waals surface area (Å²) in [6.45, 7) is 1.55. The molecule has 0 aliphatic rings. The topological polar surface area (TPSA) is 63.4 Å². The maximum absolute atomic E-state index is 13.0. The van der Waals surface area contributed by atoms with Gasteiger partial charge in [0.15, 0.2) is 0 Å². The van der Waals surface area contributed by atoms with E-state index in [1.165, 1.54) is 29.2 Å². The van der Waals surface area contributed by atoms with Crippen molar-refractivity contribution in [3.8, 4) is 0 Å². The van der Waals surface area contributed by atoms with Crippen molar-refractivity contribution in [2.75, 3.05) is 4.90 Å². The number of rotatable bonds is 4. The third kappa shape index (κ3) is 3.25. The van der Waals surface area contributed by atoms with Crippen LogP contribution in [0.4, 0.5) is 10.1 Å². The lowest BCUT2D eigenvalue weighted by Crippen LogP contribution is -2.46. The summed E-state index contributed by atoms with van der Waals surface area (Å²) in [6.07, 6.45) is 0. The number of nitrogens with zero attached hydrogens (tertiary/aromatic N) is 1. The lowest BCUT2D eigenvalue weighted by atomic mass is 10.1. The Kier molecular flexibility index (Phi) is 4.33. The van der Waals surface area contributed by atoms with E-state index in [2.05, 4.69) is 0 Å². The summed E-state index contributed by atoms with van der Waals surface area (Å²) >= 11 is 0. The number of hydrogen-bond donors (Lipinski definition) is 1. The third-order valence-corrected chi connectivity index (χ3v) is 3.14. The molecule has 0 aromatic heterocycles. The molecule has 2 rings (SSSR count). The number of nitrogens with two attached hydrogens (primary N) is 1. The van der Waals surface area contributed by atoms with Crippen LogP contribution in [0, 0.1) is 5.82 Å². The van der Waals surface area contributed by atoms with Gasteiger partial charge in [-0.05, 0) is 43.3 Å². The van der Waals surface area contributed by atoms with Gasteiger partial charge in [-0.2, -0.15) is 0 Å². The van der Waals surface area contributed by atoms with Gasteiger partial charge in [-0.3, -0.25) is 14.5 Å². The van der Waals surface area contributed by atoms with Crippen LogP contribution in [0.25, 0.3) is 0 Å². The van der Waals surface area contributed by atoms with E-state index in [9.17, 15) is 14.0 Å². The summed E-state index contributed by atoms with van der Waals surface area (Å²) in [6, 6.07) is 13.1. The summed E-state index contributed by atoms with van der Waals surface area (Å²) < 4.78 is 13.0. The summed E-state index contributed by atoms with van der Waals surface area (Å²) in [4.78, 5) is 25.4. The van der Waals surface area contributed by atoms with Gasteiger partial charge in [-0.15, -0.1) is 0 Å². The van der Waals surface area contributed by atoms with E-state index in [1.807, 2.05) is 0 Å². The number of para-hydroxylation sites is 1. The van der Waals surface area contributed by atoms with Gasteiger partial charge < -0.3 is 5.73 Å². The molecule has 0 radical (unpaired) electrons. The molecule has 0 saturated carbocycles. The van der Waals surface area contributed by atoms with Crippen molar-refractivity contribution >= 4 is 17.5 Å². The molecule has 2 amide bonds. The lowest BCUT2D eigenvalue weighted by molar-refractivity contribution is -0.118. The van der Waals surface area contributed by atoms with Gasteiger partial charge in [0.25, 0.3) is 5.91 Å². The van der Waals surface area contributed by atoms with Crippen LogP contribution in [-0.4, -0.2) is 17.9 Å². The fourth-order valence-electron chi connectivity index (χ4n) is 1.96. The fraction of sp³-hybridized carbons (Fsp3) is 0.125. The molecule has 0 saturated heterocycles. The highest BCUT2D eigenvalue weighted by atomic mass is 19.1. The van der Waals surface area contributed by atoms with Crippen molar-refractivity contribution in [1.29, 1.82) is 0 Å². The van der Waals surface area contributed by atoms with Crippen LogP contribution in [0.5, 0.6) is 0 Å². The molecule has 0 spiro atoms. The number of benzene rings is 2. The number of halogens is 1. The molecule has 2 N–H and O–H groups in total. The van der Waals surface area contributed by atoms with Crippen molar-refractivity contribution in [3.63, 3.8) is 0 Å². The molecule has 108 valence electrons. The second kappa shape index (κ2) is 6.17. The van der Waals surface area contributed by atoms with Crippen LogP contribution in [0.15, 0.2) is 54.6 Å². The summed E-state index contributed by atoms with van der Waals surface area (Å²) in [5, 5.41) is 0. The third-order valence-electron chi connectivity index (χ3n) is 3.14. The monoisotopic (exact) mass is 286 g/mol. The average molecular weight is 286 g/mol. The molecule has 0 heterocycles. The number of amides is 2. The average Bonchev–Trinajstić information content (AvgIpc) is 2.49. The Morgan fingerprint density at radius 3 is 2.14 bits per heavy atom. The van der Waals surface area contributed by atoms with E-state index in [0.717, 1.165) is 0 Å². The molecule has 1 atom stereocenters. The molecular weight excluding hydrogens is 271 g/mol. The van der Waals surface area contributed by atoms with Crippen molar-refractivity contribution < 1.29 is 14.0 Å². The Morgan fingerprint density at radius 2 is 1.62 bits per heavy atom. The van der Waals surface area contributed by atoms with Crippen LogP contribution >= 0.6 is 0 Å². The van der Waals surface area contributed by atoms with Gasteiger partial charge in [0.2, 0.25) is 5.91 Å². The predicted octanol–water partition coefficient (Wildman–Crippen LogP) is 2.35. The normalized spacial score (nSPS) is 11.7. The zero-order valence-corrected chi connectivity index (χ0v) is 11.5. The number of primary amides is 1. The Balaban J connectivity index is 2.42. The Morgan fingerprint density at radius 1 is 1.05 bits per heavy atom. The summed E-state index contributed by atoms with van der Waals surface area (Å²) in [7, 11) is 0. The van der Waals surface area contributed by atoms with E-state index in [1.54, 1.807) is 37.3 Å². The molecule has 0 aliphatic heterocycles. The van der Waals surface area contributed by atoms with Crippen LogP contribution in [0.2, 0.25) is 0 Å². The SMILES string of the molecule is CC(C(N)=O)N(C(=O)c1ccc(F)cc1)c1ccccc1. The quantitative estimate of drug-likeness (QED) is 0.937. The van der Waals surface area contributed by atoms with Crippen molar-refractivity contribution in [1.82, 2.24) is 0 Å². The van der Waals surface area contributed by atoms with E-state index < -0.39 is 23.7 Å². The van der Waals surface area contributed by atoms with Crippen molar-refractivity contribution in [3.05, 3.63) is 66.0 Å². The standard InChI is InChI=1S/C16H15FN2O2/c1-11(15(18)20)19(14-5-3-2-4-6-14)16(21)12-7-9-13(17)10-8-12/h2-11H,1H3,(H2,18,20). The second-order valence-corrected chi connectivity index (χ2v) is 4.60. The Labute approximate surface area is 122 Å². The molecule has 0 aliphatic carbocycles. The second-order valence-electron chi connectivity index (χ2n) is 4.60. The summed E-state index contributed by atoms with van der Waals surface area (Å²) in [5.74, 6) is -1.46. The molecule has 4 nitrogen and oxygen atoms in total. The Bertz CT molecular complexity index is 641. The molecular formula is C16H15FN2O2. The van der Waals surface area contributed by atoms with E-state index in [4.69, 9.17) is 5.73 Å². The smallest absolute Gasteiger partial charge is 0.259 e. The van der Waals surface area contributed by atoms with Gasteiger partial charge >= 0.3 is 0 Å². The minimum Gasteiger partial charge on any atom is -0.368 e. The van der Waals surface area contributed by atoms with Gasteiger partial charge in [0.05, 0.1) is 0 Å². The summed E-state index contributed by atoms with van der Waals surface area (Å²) in [5.41, 5.74) is 6.16. The van der Waals surface area contributed by atoms with Gasteiger partial charge in [0.1, 0.15) is 11.9 Å². The highest BCUT2D eigenvalue weighted by molar-refractivity contribution is 6.09. The first kappa shape index (κ1) is 14.7. The van der Waals surface area contributed by atoms with Crippen molar-refractivity contribution in [2.24, 2.45) is 5.73 Å². The van der Waals surface area contributed by atoms with Gasteiger partial charge in [-0.25, -0.2) is 4.39 Å². The number of carbonyl (C=O) groups excluding carboxylic acids is 2. The minimum absolute atomic E-state index is 0.286. The molecule has 21 heavy (non-hydrogen) atoms. The zero-order valence-electron chi connectivity index (χ0n) is 11.5. The molecule has 0 bridgehead atoms. The van der Waals surface area contributed by atoms with Crippen LogP contribution in [0.1, 0.15) is 17.3 Å². The number of carbonyl (C=O) groups is 2. The van der Waals surface area contributed by atoms with E-state index >= 15 is 0 Å². The van der Waals surface area contributed by atoms with Crippen LogP contribution < -0.4 is 10.6 Å². The molecule has 2 aromatic rings.